The third-order valence-electron chi connectivity index (χ3n) is 7.14. The number of allylic oxidation sites excluding steroid dienone is 1. The van der Waals surface area contributed by atoms with Gasteiger partial charge in [0.15, 0.2) is 12.2 Å². The molecule has 1 spiro atoms. The zero-order valence-corrected chi connectivity index (χ0v) is 15.5. The number of esters is 2. The fourth-order valence-electron chi connectivity index (χ4n) is 5.53. The number of rotatable bonds is 2. The van der Waals surface area contributed by atoms with Crippen LogP contribution in [0, 0.1) is 10.8 Å². The van der Waals surface area contributed by atoms with E-state index in [4.69, 9.17) is 18.9 Å². The molecule has 0 unspecified atom stereocenters. The standard InChI is InChI=1S/C19H26O6/c1-10-6-7-17(4)13(8-10)25-16-14(23-11(2)20)15(24-12(3)21)18(17,5)19(16)9-22-19/h8,13-16H,6-7,9H2,1-5H3/t13-,14-,15-,16-,17+,18-,19+/m1/s1. The Hall–Kier alpha value is -1.40. The van der Waals surface area contributed by atoms with E-state index in [1.807, 2.05) is 0 Å². The predicted octanol–water partition coefficient (Wildman–Crippen LogP) is 2.15. The lowest BCUT2D eigenvalue weighted by molar-refractivity contribution is -0.211. The van der Waals surface area contributed by atoms with Crippen LogP contribution >= 0.6 is 0 Å². The molecular weight excluding hydrogens is 324 g/mol. The number of carbonyl (C=O) groups excluding carboxylic acids is 2. The summed E-state index contributed by atoms with van der Waals surface area (Å²) in [6, 6.07) is 0. The molecule has 0 aromatic heterocycles. The Balaban J connectivity index is 1.86. The monoisotopic (exact) mass is 350 g/mol. The van der Waals surface area contributed by atoms with E-state index >= 15 is 0 Å². The van der Waals surface area contributed by atoms with Crippen molar-refractivity contribution in [3.63, 3.8) is 0 Å². The Morgan fingerprint density at radius 2 is 1.84 bits per heavy atom. The summed E-state index contributed by atoms with van der Waals surface area (Å²) >= 11 is 0. The van der Waals surface area contributed by atoms with Gasteiger partial charge in [-0.05, 0) is 19.8 Å². The van der Waals surface area contributed by atoms with Gasteiger partial charge >= 0.3 is 11.9 Å². The normalized spacial score (nSPS) is 50.0. The average Bonchev–Trinajstić information content (AvgIpc) is 3.28. The Morgan fingerprint density at radius 3 is 2.40 bits per heavy atom. The highest BCUT2D eigenvalue weighted by Gasteiger charge is 2.85. The van der Waals surface area contributed by atoms with E-state index in [1.54, 1.807) is 0 Å². The summed E-state index contributed by atoms with van der Waals surface area (Å²) in [5.74, 6) is -0.785. The lowest BCUT2D eigenvalue weighted by atomic mass is 9.52. The van der Waals surface area contributed by atoms with Crippen LogP contribution in [-0.4, -0.2) is 48.6 Å². The molecule has 0 amide bonds. The molecule has 7 atom stereocenters. The maximum Gasteiger partial charge on any atom is 0.303 e. The number of hydrogen-bond acceptors (Lipinski definition) is 6. The summed E-state index contributed by atoms with van der Waals surface area (Å²) in [6.07, 6.45) is 2.30. The highest BCUT2D eigenvalue weighted by molar-refractivity contribution is 5.68. The van der Waals surface area contributed by atoms with E-state index in [-0.39, 0.29) is 17.5 Å². The largest absolute Gasteiger partial charge is 0.458 e. The maximum atomic E-state index is 11.9. The summed E-state index contributed by atoms with van der Waals surface area (Å²) in [4.78, 5) is 23.6. The van der Waals surface area contributed by atoms with Gasteiger partial charge in [-0.15, -0.1) is 0 Å². The lowest BCUT2D eigenvalue weighted by Gasteiger charge is -2.56. The van der Waals surface area contributed by atoms with Crippen molar-refractivity contribution in [2.45, 2.75) is 77.5 Å². The van der Waals surface area contributed by atoms with Crippen molar-refractivity contribution < 1.29 is 28.5 Å². The quantitative estimate of drug-likeness (QED) is 0.432. The van der Waals surface area contributed by atoms with E-state index in [9.17, 15) is 9.59 Å². The molecule has 3 fully saturated rings. The molecule has 138 valence electrons. The van der Waals surface area contributed by atoms with Crippen molar-refractivity contribution in [2.24, 2.45) is 10.8 Å². The molecule has 0 radical (unpaired) electrons. The van der Waals surface area contributed by atoms with Gasteiger partial charge in [-0.1, -0.05) is 25.5 Å². The highest BCUT2D eigenvalue weighted by Crippen LogP contribution is 2.72. The Kier molecular flexibility index (Phi) is 3.46. The Labute approximate surface area is 147 Å². The summed E-state index contributed by atoms with van der Waals surface area (Å²) in [7, 11) is 0. The fourth-order valence-corrected chi connectivity index (χ4v) is 5.53. The first kappa shape index (κ1) is 17.0. The van der Waals surface area contributed by atoms with Crippen LogP contribution in [-0.2, 0) is 28.5 Å². The minimum absolute atomic E-state index is 0.107. The molecular formula is C19H26O6. The molecule has 2 saturated heterocycles. The van der Waals surface area contributed by atoms with Crippen molar-refractivity contribution in [1.82, 2.24) is 0 Å². The van der Waals surface area contributed by atoms with E-state index in [0.717, 1.165) is 12.8 Å². The van der Waals surface area contributed by atoms with Crippen LogP contribution in [0.3, 0.4) is 0 Å². The number of epoxide rings is 1. The van der Waals surface area contributed by atoms with E-state index < -0.39 is 35.3 Å². The fraction of sp³-hybridized carbons (Fsp3) is 0.789. The van der Waals surface area contributed by atoms with Gasteiger partial charge in [0.2, 0.25) is 0 Å². The van der Waals surface area contributed by atoms with Crippen LogP contribution in [0.1, 0.15) is 47.5 Å². The van der Waals surface area contributed by atoms with E-state index in [1.165, 1.54) is 19.4 Å². The molecule has 2 heterocycles. The van der Waals surface area contributed by atoms with E-state index in [0.29, 0.717) is 6.61 Å². The molecule has 0 N–H and O–H groups in total. The molecule has 0 aromatic rings. The van der Waals surface area contributed by atoms with Crippen molar-refractivity contribution in [3.8, 4) is 0 Å². The third kappa shape index (κ3) is 1.98. The molecule has 6 nitrogen and oxygen atoms in total. The van der Waals surface area contributed by atoms with Gasteiger partial charge in [-0.2, -0.15) is 0 Å². The second-order valence-electron chi connectivity index (χ2n) is 8.39. The number of ether oxygens (including phenoxy) is 4. The number of fused-ring (bicyclic) bond motifs is 2. The first-order chi connectivity index (χ1) is 11.7. The molecule has 6 heteroatoms. The average molecular weight is 350 g/mol. The van der Waals surface area contributed by atoms with Crippen molar-refractivity contribution in [2.75, 3.05) is 6.61 Å². The van der Waals surface area contributed by atoms with Gasteiger partial charge < -0.3 is 18.9 Å². The van der Waals surface area contributed by atoms with Crippen LogP contribution in [0.5, 0.6) is 0 Å². The zero-order valence-electron chi connectivity index (χ0n) is 15.5. The van der Waals surface area contributed by atoms with Gasteiger partial charge in [0.05, 0.1) is 18.1 Å². The molecule has 2 aliphatic heterocycles. The van der Waals surface area contributed by atoms with Crippen LogP contribution in [0.15, 0.2) is 11.6 Å². The Bertz CT molecular complexity index is 665. The van der Waals surface area contributed by atoms with Crippen LogP contribution in [0.25, 0.3) is 0 Å². The maximum absolute atomic E-state index is 11.9. The van der Waals surface area contributed by atoms with Crippen LogP contribution in [0.4, 0.5) is 0 Å². The van der Waals surface area contributed by atoms with Gasteiger partial charge in [-0.3, -0.25) is 9.59 Å². The first-order valence-corrected chi connectivity index (χ1v) is 8.97. The first-order valence-electron chi connectivity index (χ1n) is 8.97. The summed E-state index contributed by atoms with van der Waals surface area (Å²) in [5, 5.41) is 0. The predicted molar refractivity (Wildman–Crippen MR) is 87.7 cm³/mol. The summed E-state index contributed by atoms with van der Waals surface area (Å²) in [6.45, 7) is 9.71. The Morgan fingerprint density at radius 1 is 1.20 bits per heavy atom. The van der Waals surface area contributed by atoms with E-state index in [2.05, 4.69) is 26.8 Å². The molecule has 0 aromatic carbocycles. The third-order valence-corrected chi connectivity index (χ3v) is 7.14. The summed E-state index contributed by atoms with van der Waals surface area (Å²) in [5.41, 5.74) is -0.0194. The second-order valence-corrected chi connectivity index (χ2v) is 8.39. The molecule has 4 rings (SSSR count). The molecule has 2 bridgehead atoms. The topological polar surface area (TPSA) is 74.4 Å². The molecule has 4 aliphatic rings. The van der Waals surface area contributed by atoms with Crippen molar-refractivity contribution in [1.29, 1.82) is 0 Å². The van der Waals surface area contributed by atoms with Crippen LogP contribution < -0.4 is 0 Å². The zero-order chi connectivity index (χ0) is 18.2. The van der Waals surface area contributed by atoms with Crippen LogP contribution in [0.2, 0.25) is 0 Å². The van der Waals surface area contributed by atoms with Crippen molar-refractivity contribution in [3.05, 3.63) is 11.6 Å². The van der Waals surface area contributed by atoms with Gasteiger partial charge in [0.1, 0.15) is 11.7 Å². The smallest absolute Gasteiger partial charge is 0.303 e. The number of carbonyl (C=O) groups is 2. The van der Waals surface area contributed by atoms with Gasteiger partial charge in [0.25, 0.3) is 0 Å². The molecule has 25 heavy (non-hydrogen) atoms. The van der Waals surface area contributed by atoms with Gasteiger partial charge in [0, 0.05) is 19.3 Å². The minimum atomic E-state index is -0.648. The lowest BCUT2D eigenvalue weighted by Crippen LogP contribution is -2.63. The molecule has 1 saturated carbocycles. The SMILES string of the molecule is CC(=O)O[C@@H]1[C@@H](OC(C)=O)[C@]2(C)[C@@]3(C)CCC(C)=C[C@H]3O[C@H]1[C@@]21CO1. The molecule has 2 aliphatic carbocycles. The number of hydrogen-bond donors (Lipinski definition) is 0. The van der Waals surface area contributed by atoms with Crippen molar-refractivity contribution >= 4 is 11.9 Å². The minimum Gasteiger partial charge on any atom is -0.458 e. The van der Waals surface area contributed by atoms with Gasteiger partial charge in [-0.25, -0.2) is 0 Å². The highest BCUT2D eigenvalue weighted by atomic mass is 16.7. The summed E-state index contributed by atoms with van der Waals surface area (Å²) < 4.78 is 23.8. The second kappa shape index (κ2) is 5.07.